The third-order valence-electron chi connectivity index (χ3n) is 11.2. The lowest BCUT2D eigenvalue weighted by molar-refractivity contribution is -0.123. The van der Waals surface area contributed by atoms with E-state index < -0.39 is 25.9 Å². The highest BCUT2D eigenvalue weighted by Gasteiger charge is 2.33. The van der Waals surface area contributed by atoms with E-state index in [1.165, 1.54) is 0 Å². The molecule has 3 atom stereocenters. The first-order valence-electron chi connectivity index (χ1n) is 23.9. The average Bonchev–Trinajstić information content (AvgIpc) is 3.32. The standard InChI is InChI=1S/C51H78N3O10P/c1-7-10-13-16-19-31-49(55)52-46(40-25-22-28-43(34-40)59-4)37-62-65(58,63-38-47(41-26-23-29-44(35-41)60-5)53-50(56)32-20-17-14-11-8-2)64-39-48(42-27-24-30-45(36-42)61-6)54-51(57)33-21-18-15-12-9-3/h22-30,34-36,46-48H,7-21,31-33,37-39H2,1-6H3,(H,52,55)(H,53,56)(H,54,57)/t46-,47-,48-/m1/s1. The second kappa shape index (κ2) is 32.3. The Morgan fingerprint density at radius 2 is 0.723 bits per heavy atom. The number of carbonyl (C=O) groups excluding carboxylic acids is 3. The number of methoxy groups -OCH3 is 3. The van der Waals surface area contributed by atoms with E-state index in [1.807, 2.05) is 18.2 Å². The molecular formula is C51H78N3O10P. The molecule has 0 aliphatic carbocycles. The molecule has 0 aliphatic heterocycles. The first-order valence-corrected chi connectivity index (χ1v) is 25.4. The summed E-state index contributed by atoms with van der Waals surface area (Å²) in [6.07, 6.45) is 15.7. The van der Waals surface area contributed by atoms with Gasteiger partial charge in [0.25, 0.3) is 0 Å². The molecule has 0 bridgehead atoms. The minimum atomic E-state index is -4.58. The summed E-state index contributed by atoms with van der Waals surface area (Å²) in [4.78, 5) is 40.2. The van der Waals surface area contributed by atoms with E-state index in [-0.39, 0.29) is 37.5 Å². The minimum Gasteiger partial charge on any atom is -0.497 e. The van der Waals surface area contributed by atoms with E-state index >= 15 is 4.57 Å². The highest BCUT2D eigenvalue weighted by Crippen LogP contribution is 2.51. The number of hydrogen-bond donors (Lipinski definition) is 3. The first-order chi connectivity index (χ1) is 31.6. The zero-order valence-electron chi connectivity index (χ0n) is 40.0. The van der Waals surface area contributed by atoms with Crippen molar-refractivity contribution in [2.24, 2.45) is 0 Å². The lowest BCUT2D eigenvalue weighted by Gasteiger charge is -2.27. The van der Waals surface area contributed by atoms with Gasteiger partial charge in [-0.3, -0.25) is 28.0 Å². The van der Waals surface area contributed by atoms with Crippen LogP contribution in [0.1, 0.15) is 171 Å². The molecule has 362 valence electrons. The maximum atomic E-state index is 15.2. The van der Waals surface area contributed by atoms with Gasteiger partial charge in [-0.15, -0.1) is 0 Å². The van der Waals surface area contributed by atoms with Crippen LogP contribution in [-0.4, -0.2) is 58.9 Å². The Morgan fingerprint density at radius 1 is 0.446 bits per heavy atom. The normalized spacial score (nSPS) is 12.8. The van der Waals surface area contributed by atoms with Gasteiger partial charge in [-0.25, -0.2) is 4.57 Å². The third-order valence-corrected chi connectivity index (χ3v) is 12.6. The number of rotatable bonds is 36. The van der Waals surface area contributed by atoms with E-state index in [0.717, 1.165) is 96.3 Å². The molecule has 3 aromatic rings. The number of unbranched alkanes of at least 4 members (excludes halogenated alkanes) is 12. The zero-order chi connectivity index (χ0) is 47.1. The number of amides is 3. The number of ether oxygens (including phenoxy) is 3. The molecule has 0 saturated heterocycles. The fourth-order valence-electron chi connectivity index (χ4n) is 7.31. The van der Waals surface area contributed by atoms with Crippen LogP contribution >= 0.6 is 7.82 Å². The molecule has 65 heavy (non-hydrogen) atoms. The smallest absolute Gasteiger partial charge is 0.475 e. The zero-order valence-corrected chi connectivity index (χ0v) is 40.9. The summed E-state index contributed by atoms with van der Waals surface area (Å²) < 4.78 is 50.4. The summed E-state index contributed by atoms with van der Waals surface area (Å²) >= 11 is 0. The van der Waals surface area contributed by atoms with Gasteiger partial charge in [0.05, 0.1) is 59.3 Å². The van der Waals surface area contributed by atoms with E-state index in [1.54, 1.807) is 75.9 Å². The monoisotopic (exact) mass is 924 g/mol. The number of carbonyl (C=O) groups is 3. The Morgan fingerprint density at radius 3 is 0.985 bits per heavy atom. The average molecular weight is 924 g/mol. The summed E-state index contributed by atoms with van der Waals surface area (Å²) in [7, 11) is 0.0987. The Labute approximate surface area is 389 Å². The maximum absolute atomic E-state index is 15.2. The number of benzene rings is 3. The maximum Gasteiger partial charge on any atom is 0.475 e. The molecule has 0 heterocycles. The van der Waals surface area contributed by atoms with Crippen LogP contribution in [0.2, 0.25) is 0 Å². The molecule has 0 fully saturated rings. The van der Waals surface area contributed by atoms with Crippen molar-refractivity contribution in [2.75, 3.05) is 41.2 Å². The van der Waals surface area contributed by atoms with E-state index in [2.05, 4.69) is 36.7 Å². The number of phosphoric ester groups is 1. The molecule has 3 aromatic carbocycles. The molecule has 13 nitrogen and oxygen atoms in total. The van der Waals surface area contributed by atoms with Crippen molar-refractivity contribution < 1.29 is 46.7 Å². The summed E-state index contributed by atoms with van der Waals surface area (Å²) in [5.41, 5.74) is 1.99. The van der Waals surface area contributed by atoms with Crippen LogP contribution in [-0.2, 0) is 32.5 Å². The van der Waals surface area contributed by atoms with Crippen LogP contribution in [0.3, 0.4) is 0 Å². The molecule has 0 spiro atoms. The van der Waals surface area contributed by atoms with Crippen molar-refractivity contribution in [3.8, 4) is 17.2 Å². The van der Waals surface area contributed by atoms with Gasteiger partial charge >= 0.3 is 7.82 Å². The fraction of sp³-hybridized carbons (Fsp3) is 0.588. The van der Waals surface area contributed by atoms with Crippen molar-refractivity contribution in [1.82, 2.24) is 16.0 Å². The molecule has 3 rings (SSSR count). The lowest BCUT2D eigenvalue weighted by atomic mass is 10.1. The van der Waals surface area contributed by atoms with Gasteiger partial charge in [-0.05, 0) is 72.4 Å². The summed E-state index contributed by atoms with van der Waals surface area (Å²) in [5.74, 6) is 1.17. The molecule has 0 saturated carbocycles. The number of nitrogens with one attached hydrogen (secondary N) is 3. The van der Waals surface area contributed by atoms with Gasteiger partial charge in [0.2, 0.25) is 17.7 Å². The largest absolute Gasteiger partial charge is 0.497 e. The van der Waals surface area contributed by atoms with Gasteiger partial charge in [-0.2, -0.15) is 0 Å². The Hall–Kier alpha value is -4.42. The van der Waals surface area contributed by atoms with E-state index in [9.17, 15) is 14.4 Å². The van der Waals surface area contributed by atoms with Crippen LogP contribution < -0.4 is 30.2 Å². The van der Waals surface area contributed by atoms with Crippen LogP contribution in [0.4, 0.5) is 0 Å². The Bertz CT molecular complexity index is 1650. The molecule has 3 amide bonds. The van der Waals surface area contributed by atoms with Crippen molar-refractivity contribution in [3.05, 3.63) is 89.5 Å². The van der Waals surface area contributed by atoms with Crippen molar-refractivity contribution in [2.45, 2.75) is 154 Å². The fourth-order valence-corrected chi connectivity index (χ4v) is 8.53. The molecular weight excluding hydrogens is 846 g/mol. The third kappa shape index (κ3) is 22.1. The summed E-state index contributed by atoms with van der Waals surface area (Å²) in [6, 6.07) is 19.4. The highest BCUT2D eigenvalue weighted by atomic mass is 31.2. The Balaban J connectivity index is 1.98. The molecule has 14 heteroatoms. The topological polar surface area (TPSA) is 160 Å². The minimum absolute atomic E-state index is 0.180. The van der Waals surface area contributed by atoms with Gasteiger partial charge in [0.1, 0.15) is 17.2 Å². The number of hydrogen-bond acceptors (Lipinski definition) is 10. The molecule has 0 unspecified atom stereocenters. The van der Waals surface area contributed by atoms with Gasteiger partial charge in [-0.1, -0.05) is 134 Å². The Kier molecular flexibility index (Phi) is 27.3. The summed E-state index contributed by atoms with van der Waals surface area (Å²) in [5, 5.41) is 9.23. The van der Waals surface area contributed by atoms with Crippen molar-refractivity contribution >= 4 is 25.5 Å². The predicted molar refractivity (Wildman–Crippen MR) is 257 cm³/mol. The lowest BCUT2D eigenvalue weighted by Crippen LogP contribution is -2.33. The quantitative estimate of drug-likeness (QED) is 0.0378. The number of phosphoric acid groups is 1. The van der Waals surface area contributed by atoms with Gasteiger partial charge in [0.15, 0.2) is 0 Å². The molecule has 0 aromatic heterocycles. The van der Waals surface area contributed by atoms with Crippen LogP contribution in [0.25, 0.3) is 0 Å². The predicted octanol–water partition coefficient (Wildman–Crippen LogP) is 11.8. The van der Waals surface area contributed by atoms with Gasteiger partial charge in [0, 0.05) is 19.3 Å². The SMILES string of the molecule is CCCCCCCC(=O)N[C@H](COP(=O)(OC[C@@H](NC(=O)CCCCCCC)c1cccc(OC)c1)OC[C@@H](NC(=O)CCCCCCC)c1cccc(OC)c1)c1cccc(OC)c1. The van der Waals surface area contributed by atoms with Crippen LogP contribution in [0.5, 0.6) is 17.2 Å². The molecule has 0 aliphatic rings. The summed E-state index contributed by atoms with van der Waals surface area (Å²) in [6.45, 7) is 5.55. The van der Waals surface area contributed by atoms with Crippen LogP contribution in [0, 0.1) is 0 Å². The molecule has 0 radical (unpaired) electrons. The van der Waals surface area contributed by atoms with E-state index in [4.69, 9.17) is 27.8 Å². The van der Waals surface area contributed by atoms with Crippen LogP contribution in [0.15, 0.2) is 72.8 Å². The molecule has 3 N–H and O–H groups in total. The van der Waals surface area contributed by atoms with Gasteiger partial charge < -0.3 is 30.2 Å². The highest BCUT2D eigenvalue weighted by molar-refractivity contribution is 7.48. The van der Waals surface area contributed by atoms with Crippen molar-refractivity contribution in [1.29, 1.82) is 0 Å². The van der Waals surface area contributed by atoms with E-state index in [0.29, 0.717) is 53.2 Å². The second-order valence-corrected chi connectivity index (χ2v) is 18.2. The van der Waals surface area contributed by atoms with Crippen molar-refractivity contribution in [3.63, 3.8) is 0 Å². The second-order valence-electron chi connectivity index (χ2n) is 16.5. The first kappa shape index (κ1) is 54.9.